The van der Waals surface area contributed by atoms with Gasteiger partial charge in [-0.05, 0) is 84.5 Å². The van der Waals surface area contributed by atoms with E-state index in [2.05, 4.69) is 132 Å². The Hall–Kier alpha value is -6.15. The lowest BCUT2D eigenvalue weighted by atomic mass is 10.1. The van der Waals surface area contributed by atoms with E-state index in [9.17, 15) is 0 Å². The van der Waals surface area contributed by atoms with Gasteiger partial charge in [0, 0.05) is 56.4 Å². The minimum Gasteiger partial charge on any atom is -0.344 e. The number of fused-ring (bicyclic) bond motifs is 7. The number of rotatable bonds is 0. The molecule has 9 rings (SSSR count). The highest BCUT2D eigenvalue weighted by atomic mass is 15.0. The molecule has 60 heavy (non-hydrogen) atoms. The van der Waals surface area contributed by atoms with E-state index >= 15 is 0 Å². The molecule has 0 unspecified atom stereocenters. The lowest BCUT2D eigenvalue weighted by molar-refractivity contribution is 0.875. The van der Waals surface area contributed by atoms with Crippen LogP contribution in [-0.2, 0) is 7.05 Å². The summed E-state index contributed by atoms with van der Waals surface area (Å²) in [5, 5.41) is 7.40. The van der Waals surface area contributed by atoms with Crippen molar-refractivity contribution in [3.8, 4) is 0 Å². The molecule has 0 radical (unpaired) electrons. The normalized spacial score (nSPS) is 9.75. The van der Waals surface area contributed by atoms with Gasteiger partial charge in [0.1, 0.15) is 29.1 Å². The predicted octanol–water partition coefficient (Wildman–Crippen LogP) is 14.2. The van der Waals surface area contributed by atoms with Gasteiger partial charge in [-0.1, -0.05) is 140 Å². The third-order valence-electron chi connectivity index (χ3n) is 8.84. The van der Waals surface area contributed by atoms with Crippen LogP contribution in [0.25, 0.3) is 54.4 Å². The zero-order valence-electron chi connectivity index (χ0n) is 39.4. The van der Waals surface area contributed by atoms with E-state index in [1.807, 2.05) is 128 Å². The van der Waals surface area contributed by atoms with Crippen LogP contribution in [0.3, 0.4) is 0 Å². The smallest absolute Gasteiger partial charge is 0.129 e. The SMILES string of the molecule is CC.CC.CC.CC.Cc1ccc2c3ccccc3n(C)c2c1.Cc1nc(C)c2ccc3ccccc3c2n1.Cc1nc(C)c2ccccc2n1.Cc1nc(C)nc(C)n1. The zero-order chi connectivity index (χ0) is 44.9. The molecule has 0 amide bonds. The maximum Gasteiger partial charge on any atom is 0.129 e. The molecule has 4 heterocycles. The highest BCUT2D eigenvalue weighted by molar-refractivity contribution is 6.08. The van der Waals surface area contributed by atoms with Crippen LogP contribution >= 0.6 is 0 Å². The topological polar surface area (TPSA) is 95.2 Å². The number of aryl methyl sites for hydroxylation is 9. The van der Waals surface area contributed by atoms with Crippen LogP contribution in [0.4, 0.5) is 0 Å². The lowest BCUT2D eigenvalue weighted by Gasteiger charge is -2.05. The van der Waals surface area contributed by atoms with Crippen LogP contribution in [0.15, 0.2) is 103 Å². The Labute approximate surface area is 359 Å². The number of benzene rings is 5. The van der Waals surface area contributed by atoms with E-state index in [1.54, 1.807) is 0 Å². The molecule has 9 aromatic rings. The van der Waals surface area contributed by atoms with Crippen molar-refractivity contribution in [1.82, 2.24) is 39.5 Å². The average molecular weight is 805 g/mol. The zero-order valence-corrected chi connectivity index (χ0v) is 39.4. The number of hydrogen-bond acceptors (Lipinski definition) is 7. The Morgan fingerprint density at radius 3 is 1.38 bits per heavy atom. The van der Waals surface area contributed by atoms with E-state index in [-0.39, 0.29) is 0 Å². The molecule has 316 valence electrons. The maximum atomic E-state index is 4.55. The minimum absolute atomic E-state index is 0.792. The van der Waals surface area contributed by atoms with Gasteiger partial charge in [-0.3, -0.25) is 0 Å². The third kappa shape index (κ3) is 13.2. The van der Waals surface area contributed by atoms with E-state index in [0.717, 1.165) is 62.3 Å². The van der Waals surface area contributed by atoms with Gasteiger partial charge in [0.15, 0.2) is 0 Å². The molecule has 8 nitrogen and oxygen atoms in total. The van der Waals surface area contributed by atoms with Crippen molar-refractivity contribution in [2.75, 3.05) is 0 Å². The van der Waals surface area contributed by atoms with Gasteiger partial charge in [-0.15, -0.1) is 0 Å². The van der Waals surface area contributed by atoms with Gasteiger partial charge in [-0.25, -0.2) is 34.9 Å². The van der Waals surface area contributed by atoms with Crippen molar-refractivity contribution in [2.24, 2.45) is 7.05 Å². The molecule has 4 aromatic heterocycles. The first kappa shape index (κ1) is 50.0. The van der Waals surface area contributed by atoms with Gasteiger partial charge in [0.2, 0.25) is 0 Å². The lowest BCUT2D eigenvalue weighted by Crippen LogP contribution is -1.97. The van der Waals surface area contributed by atoms with Crippen molar-refractivity contribution in [3.05, 3.63) is 149 Å². The first-order valence-electron chi connectivity index (χ1n) is 21.4. The van der Waals surface area contributed by atoms with Crippen molar-refractivity contribution in [1.29, 1.82) is 0 Å². The Morgan fingerprint density at radius 2 is 0.783 bits per heavy atom. The van der Waals surface area contributed by atoms with Crippen LogP contribution in [0.1, 0.15) is 101 Å². The summed E-state index contributed by atoms with van der Waals surface area (Å²) >= 11 is 0. The fourth-order valence-corrected chi connectivity index (χ4v) is 6.58. The number of nitrogens with zero attached hydrogens (tertiary/aromatic N) is 8. The molecule has 0 aliphatic heterocycles. The molecule has 0 bridgehead atoms. The second-order valence-corrected chi connectivity index (χ2v) is 13.0. The van der Waals surface area contributed by atoms with E-state index in [0.29, 0.717) is 0 Å². The quantitative estimate of drug-likeness (QED) is 0.141. The number of hydrogen-bond donors (Lipinski definition) is 0. The summed E-state index contributed by atoms with van der Waals surface area (Å²) in [6, 6.07) is 35.8. The van der Waals surface area contributed by atoms with Crippen LogP contribution in [0.2, 0.25) is 0 Å². The molecule has 8 heteroatoms. The second kappa shape index (κ2) is 25.4. The predicted molar refractivity (Wildman–Crippen MR) is 260 cm³/mol. The number of para-hydroxylation sites is 2. The molecule has 5 aromatic carbocycles. The fourth-order valence-electron chi connectivity index (χ4n) is 6.58. The van der Waals surface area contributed by atoms with Crippen LogP contribution in [0, 0.1) is 55.4 Å². The van der Waals surface area contributed by atoms with Gasteiger partial charge in [-0.2, -0.15) is 0 Å². The van der Waals surface area contributed by atoms with Gasteiger partial charge >= 0.3 is 0 Å². The molecule has 0 aliphatic carbocycles. The largest absolute Gasteiger partial charge is 0.344 e. The van der Waals surface area contributed by atoms with Gasteiger partial charge in [0.05, 0.1) is 11.0 Å². The molecule has 0 spiro atoms. The van der Waals surface area contributed by atoms with Crippen molar-refractivity contribution in [2.45, 2.75) is 111 Å². The van der Waals surface area contributed by atoms with E-state index < -0.39 is 0 Å². The summed E-state index contributed by atoms with van der Waals surface area (Å²) in [7, 11) is 2.13. The maximum absolute atomic E-state index is 4.55. The Bertz CT molecular complexity index is 2650. The van der Waals surface area contributed by atoms with Crippen molar-refractivity contribution in [3.63, 3.8) is 0 Å². The van der Waals surface area contributed by atoms with Gasteiger partial charge in [0.25, 0.3) is 0 Å². The average Bonchev–Trinajstić information content (AvgIpc) is 3.54. The standard InChI is InChI=1S/C14H12N2.C14H13N.C10H10N2.C6H9N3.4C2H6/c1-9-12-8-7-11-5-3-4-6-13(11)14(12)16-10(2)15-9;1-10-7-8-12-11-5-3-4-6-13(11)15(2)14(12)9-10;1-7-9-5-3-4-6-10(9)12-8(2)11-7;1-4-7-5(2)9-6(3)8-4;4*1-2/h3-8H,1-2H3;3-9H,1-2H3;3-6H,1-2H3;1-3H3;4*1-2H3. The molecule has 0 N–H and O–H groups in total. The fraction of sp³-hybridized carbons (Fsp3) is 0.327. The summed E-state index contributed by atoms with van der Waals surface area (Å²) in [5.41, 5.74) is 8.12. The molecule has 0 atom stereocenters. The Morgan fingerprint density at radius 1 is 0.350 bits per heavy atom. The first-order valence-corrected chi connectivity index (χ1v) is 21.4. The summed E-state index contributed by atoms with van der Waals surface area (Å²) in [4.78, 5) is 29.6. The van der Waals surface area contributed by atoms with Gasteiger partial charge < -0.3 is 4.57 Å². The summed E-state index contributed by atoms with van der Waals surface area (Å²) in [6.07, 6.45) is 0. The number of aromatic nitrogens is 8. The molecule has 0 saturated carbocycles. The summed E-state index contributed by atoms with van der Waals surface area (Å²) in [5.74, 6) is 4.05. The minimum atomic E-state index is 0.792. The Balaban J connectivity index is 0.000000265. The van der Waals surface area contributed by atoms with E-state index in [4.69, 9.17) is 0 Å². The van der Waals surface area contributed by atoms with Crippen molar-refractivity contribution < 1.29 is 0 Å². The first-order chi connectivity index (χ1) is 29.0. The molecule has 0 saturated heterocycles. The highest BCUT2D eigenvalue weighted by Crippen LogP contribution is 2.28. The molecular weight excluding hydrogens is 737 g/mol. The van der Waals surface area contributed by atoms with Crippen LogP contribution in [-0.4, -0.2) is 39.5 Å². The molecule has 0 fully saturated rings. The van der Waals surface area contributed by atoms with Crippen LogP contribution in [0.5, 0.6) is 0 Å². The molecule has 0 aliphatic rings. The van der Waals surface area contributed by atoms with Crippen molar-refractivity contribution >= 4 is 54.4 Å². The highest BCUT2D eigenvalue weighted by Gasteiger charge is 2.07. The second-order valence-electron chi connectivity index (χ2n) is 13.0. The monoisotopic (exact) mass is 805 g/mol. The Kier molecular flexibility index (Phi) is 21.1. The van der Waals surface area contributed by atoms with Crippen LogP contribution < -0.4 is 0 Å². The third-order valence-corrected chi connectivity index (χ3v) is 8.84. The van der Waals surface area contributed by atoms with E-state index in [1.165, 1.54) is 38.1 Å². The molecular formula is C52H68N8. The summed E-state index contributed by atoms with van der Waals surface area (Å²) in [6.45, 7) is 31.6. The summed E-state index contributed by atoms with van der Waals surface area (Å²) < 4.78 is 2.26.